The van der Waals surface area contributed by atoms with E-state index in [1.807, 2.05) is 37.3 Å². The maximum Gasteiger partial charge on any atom is 0.513 e. The number of benzene rings is 2. The molecule has 0 unspecified atom stereocenters. The first-order valence-corrected chi connectivity index (χ1v) is 7.61. The number of methoxy groups -OCH3 is 1. The third-order valence-corrected chi connectivity index (χ3v) is 3.83. The monoisotopic (exact) mass is 314 g/mol. The van der Waals surface area contributed by atoms with Crippen LogP contribution in [0.5, 0.6) is 11.5 Å². The van der Waals surface area contributed by atoms with Gasteiger partial charge in [-0.1, -0.05) is 25.1 Å². The summed E-state index contributed by atoms with van der Waals surface area (Å²) in [5, 5.41) is 0. The molecular weight excluding hydrogens is 292 g/mol. The van der Waals surface area contributed by atoms with Gasteiger partial charge in [-0.3, -0.25) is 0 Å². The molecule has 0 aromatic heterocycles. The molecule has 0 saturated heterocycles. The standard InChI is InChI=1S/C19H22O4/c1-5-15-7-6-8-18(23-19(20)21-4)17(15)12-22-16-10-9-13(2)14(3)11-16/h6-11H,5,12H2,1-4H3. The molecule has 0 radical (unpaired) electrons. The zero-order valence-corrected chi connectivity index (χ0v) is 14.0. The Labute approximate surface area is 137 Å². The van der Waals surface area contributed by atoms with Crippen molar-refractivity contribution in [1.82, 2.24) is 0 Å². The molecule has 0 spiro atoms. The molecule has 0 saturated carbocycles. The molecule has 0 heterocycles. The van der Waals surface area contributed by atoms with Crippen LogP contribution >= 0.6 is 0 Å². The van der Waals surface area contributed by atoms with Gasteiger partial charge in [0.2, 0.25) is 0 Å². The van der Waals surface area contributed by atoms with E-state index in [1.165, 1.54) is 18.2 Å². The largest absolute Gasteiger partial charge is 0.513 e. The number of hydrogen-bond donors (Lipinski definition) is 0. The molecule has 0 fully saturated rings. The highest BCUT2D eigenvalue weighted by molar-refractivity contribution is 5.64. The van der Waals surface area contributed by atoms with E-state index in [4.69, 9.17) is 9.47 Å². The van der Waals surface area contributed by atoms with Gasteiger partial charge in [0.1, 0.15) is 18.1 Å². The minimum atomic E-state index is -0.731. The molecule has 0 N–H and O–H groups in total. The maximum absolute atomic E-state index is 11.4. The summed E-state index contributed by atoms with van der Waals surface area (Å²) >= 11 is 0. The van der Waals surface area contributed by atoms with Crippen LogP contribution in [0.1, 0.15) is 29.2 Å². The highest BCUT2D eigenvalue weighted by Gasteiger charge is 2.13. The number of aryl methyl sites for hydroxylation is 3. The van der Waals surface area contributed by atoms with Gasteiger partial charge in [0, 0.05) is 5.56 Å². The smallest absolute Gasteiger partial charge is 0.489 e. The lowest BCUT2D eigenvalue weighted by molar-refractivity contribution is 0.120. The summed E-state index contributed by atoms with van der Waals surface area (Å²) in [6, 6.07) is 11.6. The van der Waals surface area contributed by atoms with Crippen LogP contribution in [0.3, 0.4) is 0 Å². The van der Waals surface area contributed by atoms with Crippen molar-refractivity contribution in [2.24, 2.45) is 0 Å². The lowest BCUT2D eigenvalue weighted by Gasteiger charge is -2.15. The fraction of sp³-hybridized carbons (Fsp3) is 0.316. The molecule has 2 aromatic rings. The first-order valence-electron chi connectivity index (χ1n) is 7.61. The highest BCUT2D eigenvalue weighted by Crippen LogP contribution is 2.26. The van der Waals surface area contributed by atoms with Gasteiger partial charge in [0.05, 0.1) is 7.11 Å². The van der Waals surface area contributed by atoms with E-state index in [-0.39, 0.29) is 0 Å². The normalized spacial score (nSPS) is 10.3. The fourth-order valence-corrected chi connectivity index (χ4v) is 2.29. The Kier molecular flexibility index (Phi) is 5.63. The van der Waals surface area contributed by atoms with Crippen LogP contribution in [0.4, 0.5) is 4.79 Å². The summed E-state index contributed by atoms with van der Waals surface area (Å²) < 4.78 is 15.7. The summed E-state index contributed by atoms with van der Waals surface area (Å²) in [6.45, 7) is 6.50. The van der Waals surface area contributed by atoms with Crippen molar-refractivity contribution in [3.63, 3.8) is 0 Å². The number of carbonyl (C=O) groups is 1. The van der Waals surface area contributed by atoms with Crippen LogP contribution in [0, 0.1) is 13.8 Å². The zero-order chi connectivity index (χ0) is 16.8. The second kappa shape index (κ2) is 7.68. The lowest BCUT2D eigenvalue weighted by atomic mass is 10.0. The van der Waals surface area contributed by atoms with Crippen LogP contribution < -0.4 is 9.47 Å². The van der Waals surface area contributed by atoms with Gasteiger partial charge in [0.25, 0.3) is 0 Å². The molecule has 0 aliphatic rings. The van der Waals surface area contributed by atoms with Crippen LogP contribution in [0.15, 0.2) is 36.4 Å². The maximum atomic E-state index is 11.4. The molecule has 0 aliphatic carbocycles. The van der Waals surface area contributed by atoms with E-state index >= 15 is 0 Å². The van der Waals surface area contributed by atoms with Crippen molar-refractivity contribution in [2.45, 2.75) is 33.8 Å². The van der Waals surface area contributed by atoms with Gasteiger partial charge < -0.3 is 14.2 Å². The summed E-state index contributed by atoms with van der Waals surface area (Å²) in [6.07, 6.45) is 0.0926. The van der Waals surface area contributed by atoms with Crippen LogP contribution in [0.25, 0.3) is 0 Å². The average molecular weight is 314 g/mol. The van der Waals surface area contributed by atoms with E-state index in [2.05, 4.69) is 18.6 Å². The van der Waals surface area contributed by atoms with Crippen molar-refractivity contribution < 1.29 is 19.0 Å². The summed E-state index contributed by atoms with van der Waals surface area (Å²) in [7, 11) is 1.29. The Hall–Kier alpha value is -2.49. The van der Waals surface area contributed by atoms with Gasteiger partial charge >= 0.3 is 6.16 Å². The SMILES string of the molecule is CCc1cccc(OC(=O)OC)c1COc1ccc(C)c(C)c1. The molecule has 0 bridgehead atoms. The topological polar surface area (TPSA) is 44.8 Å². The van der Waals surface area contributed by atoms with Crippen LogP contribution in [-0.2, 0) is 17.8 Å². The second-order valence-corrected chi connectivity index (χ2v) is 5.34. The Morgan fingerprint density at radius 2 is 1.87 bits per heavy atom. The van der Waals surface area contributed by atoms with E-state index in [1.54, 1.807) is 6.07 Å². The fourth-order valence-electron chi connectivity index (χ4n) is 2.29. The van der Waals surface area contributed by atoms with E-state index < -0.39 is 6.16 Å². The number of rotatable bonds is 5. The molecule has 4 heteroatoms. The number of hydrogen-bond acceptors (Lipinski definition) is 4. The van der Waals surface area contributed by atoms with Gasteiger partial charge in [-0.25, -0.2) is 4.79 Å². The zero-order valence-electron chi connectivity index (χ0n) is 14.0. The van der Waals surface area contributed by atoms with Crippen molar-refractivity contribution in [3.8, 4) is 11.5 Å². The molecule has 0 aliphatic heterocycles. The van der Waals surface area contributed by atoms with E-state index in [0.29, 0.717) is 12.4 Å². The Balaban J connectivity index is 2.22. The Morgan fingerprint density at radius 3 is 2.52 bits per heavy atom. The molecule has 122 valence electrons. The average Bonchev–Trinajstić information content (AvgIpc) is 2.56. The van der Waals surface area contributed by atoms with Crippen LogP contribution in [-0.4, -0.2) is 13.3 Å². The van der Waals surface area contributed by atoms with Gasteiger partial charge in [-0.2, -0.15) is 0 Å². The predicted octanol–water partition coefficient (Wildman–Crippen LogP) is 4.59. The summed E-state index contributed by atoms with van der Waals surface area (Å²) in [4.78, 5) is 11.4. The quantitative estimate of drug-likeness (QED) is 0.598. The Morgan fingerprint density at radius 1 is 1.09 bits per heavy atom. The van der Waals surface area contributed by atoms with Crippen molar-refractivity contribution >= 4 is 6.16 Å². The molecule has 2 aromatic carbocycles. The molecule has 23 heavy (non-hydrogen) atoms. The molecule has 4 nitrogen and oxygen atoms in total. The third-order valence-electron chi connectivity index (χ3n) is 3.83. The molecule has 0 amide bonds. The summed E-state index contributed by atoms with van der Waals surface area (Å²) in [5.74, 6) is 1.27. The molecular formula is C19H22O4. The van der Waals surface area contributed by atoms with Crippen molar-refractivity contribution in [3.05, 3.63) is 58.7 Å². The van der Waals surface area contributed by atoms with E-state index in [9.17, 15) is 4.79 Å². The van der Waals surface area contributed by atoms with Crippen LogP contribution in [0.2, 0.25) is 0 Å². The van der Waals surface area contributed by atoms with Crippen molar-refractivity contribution in [1.29, 1.82) is 0 Å². The second-order valence-electron chi connectivity index (χ2n) is 5.34. The van der Waals surface area contributed by atoms with Crippen molar-refractivity contribution in [2.75, 3.05) is 7.11 Å². The molecule has 0 atom stereocenters. The van der Waals surface area contributed by atoms with Gasteiger partial charge in [0.15, 0.2) is 0 Å². The third kappa shape index (κ3) is 4.25. The number of carbonyl (C=O) groups excluding carboxylic acids is 1. The first-order chi connectivity index (χ1) is 11.0. The molecule has 2 rings (SSSR count). The van der Waals surface area contributed by atoms with E-state index in [0.717, 1.165) is 23.3 Å². The first kappa shape index (κ1) is 16.9. The number of ether oxygens (including phenoxy) is 3. The lowest BCUT2D eigenvalue weighted by Crippen LogP contribution is -2.11. The minimum Gasteiger partial charge on any atom is -0.489 e. The minimum absolute atomic E-state index is 0.332. The summed E-state index contributed by atoms with van der Waals surface area (Å²) in [5.41, 5.74) is 4.34. The van der Waals surface area contributed by atoms with Gasteiger partial charge in [-0.15, -0.1) is 0 Å². The van der Waals surface area contributed by atoms with Gasteiger partial charge in [-0.05, 0) is 55.2 Å². The predicted molar refractivity (Wildman–Crippen MR) is 89.1 cm³/mol. The Bertz CT molecular complexity index is 692. The highest BCUT2D eigenvalue weighted by atomic mass is 16.7.